The molecule has 6 N–H and O–H groups in total. The lowest BCUT2D eigenvalue weighted by Gasteiger charge is -2.45. The van der Waals surface area contributed by atoms with Gasteiger partial charge in [0.15, 0.2) is 0 Å². The van der Waals surface area contributed by atoms with Crippen molar-refractivity contribution in [2.24, 2.45) is 0 Å². The molecular formula is C26H49NO9. The molecule has 6 atom stereocenters. The summed E-state index contributed by atoms with van der Waals surface area (Å²) in [5.41, 5.74) is 0. The third kappa shape index (κ3) is 11.4. The van der Waals surface area contributed by atoms with Crippen LogP contribution in [0.25, 0.3) is 0 Å². The molecule has 0 unspecified atom stereocenters. The standard InChI is InChI=1S/C26H49NO9/c1-3-4-5-6-7-8-9-10-11-12-13-14-15-16-21(31)27-22-19(29)17-26(34,25(33)35-2)36-24(22)23(32)20(30)18-28/h19-20,22-24,28-30,32,34H,3-18H2,1-2H3,(H,27,31)/t19-,20+,22+,23+,24+,26-/m0/s1. The number of ether oxygens (including phenoxy) is 2. The van der Waals surface area contributed by atoms with E-state index in [0.29, 0.717) is 6.42 Å². The average Bonchev–Trinajstić information content (AvgIpc) is 2.86. The van der Waals surface area contributed by atoms with Crippen LogP contribution in [0.2, 0.25) is 0 Å². The molecule has 1 fully saturated rings. The fourth-order valence-electron chi connectivity index (χ4n) is 4.62. The second kappa shape index (κ2) is 18.0. The highest BCUT2D eigenvalue weighted by atomic mass is 16.7. The van der Waals surface area contributed by atoms with Crippen LogP contribution in [0.5, 0.6) is 0 Å². The molecule has 1 aliphatic heterocycles. The molecule has 0 spiro atoms. The van der Waals surface area contributed by atoms with Gasteiger partial charge in [-0.2, -0.15) is 0 Å². The fraction of sp³-hybridized carbons (Fsp3) is 0.923. The molecule has 0 aromatic heterocycles. The fourth-order valence-corrected chi connectivity index (χ4v) is 4.62. The number of amides is 1. The molecule has 0 saturated carbocycles. The van der Waals surface area contributed by atoms with Crippen LogP contribution in [0, 0.1) is 0 Å². The third-order valence-electron chi connectivity index (χ3n) is 6.84. The Balaban J connectivity index is 2.38. The molecule has 0 bridgehead atoms. The molecule has 36 heavy (non-hydrogen) atoms. The molecule has 10 nitrogen and oxygen atoms in total. The van der Waals surface area contributed by atoms with E-state index in [4.69, 9.17) is 4.74 Å². The van der Waals surface area contributed by atoms with Crippen LogP contribution in [0.15, 0.2) is 0 Å². The number of hydrogen-bond acceptors (Lipinski definition) is 9. The van der Waals surface area contributed by atoms with E-state index in [9.17, 15) is 35.1 Å². The number of unbranched alkanes of at least 4 members (excludes halogenated alkanes) is 12. The van der Waals surface area contributed by atoms with Gasteiger partial charge in [-0.3, -0.25) is 4.79 Å². The Kier molecular flexibility index (Phi) is 16.4. The molecule has 0 aromatic carbocycles. The minimum Gasteiger partial charge on any atom is -0.465 e. The predicted octanol–water partition coefficient (Wildman–Crippen LogP) is 1.68. The molecule has 1 amide bonds. The zero-order chi connectivity index (χ0) is 27.0. The van der Waals surface area contributed by atoms with E-state index in [1.165, 1.54) is 57.8 Å². The SMILES string of the molecule is CCCCCCCCCCCCCCCC(=O)N[C@H]1[C@H]([C@H](O)[C@H](O)CO)O[C@](O)(C(=O)OC)C[C@@H]1O. The second-order valence-corrected chi connectivity index (χ2v) is 9.96. The minimum atomic E-state index is -2.56. The number of methoxy groups -OCH3 is 1. The van der Waals surface area contributed by atoms with Gasteiger partial charge in [0.2, 0.25) is 5.91 Å². The molecule has 1 saturated heterocycles. The Bertz CT molecular complexity index is 620. The van der Waals surface area contributed by atoms with Crippen molar-refractivity contribution in [1.82, 2.24) is 5.32 Å². The molecule has 0 aromatic rings. The van der Waals surface area contributed by atoms with Crippen LogP contribution in [0.1, 0.15) is 103 Å². The first-order valence-electron chi connectivity index (χ1n) is 13.6. The van der Waals surface area contributed by atoms with Gasteiger partial charge >= 0.3 is 5.97 Å². The lowest BCUT2D eigenvalue weighted by atomic mass is 9.88. The molecule has 10 heteroatoms. The largest absolute Gasteiger partial charge is 0.465 e. The summed E-state index contributed by atoms with van der Waals surface area (Å²) in [6.45, 7) is 1.40. The highest BCUT2D eigenvalue weighted by Gasteiger charge is 2.54. The zero-order valence-corrected chi connectivity index (χ0v) is 22.1. The number of hydrogen-bond donors (Lipinski definition) is 6. The van der Waals surface area contributed by atoms with E-state index < -0.39 is 55.2 Å². The lowest BCUT2D eigenvalue weighted by Crippen LogP contribution is -2.67. The Labute approximate surface area is 215 Å². The monoisotopic (exact) mass is 519 g/mol. The first-order valence-corrected chi connectivity index (χ1v) is 13.6. The molecule has 0 aliphatic carbocycles. The maximum absolute atomic E-state index is 12.5. The van der Waals surface area contributed by atoms with Crippen molar-refractivity contribution < 1.29 is 44.6 Å². The quantitative estimate of drug-likeness (QED) is 0.110. The van der Waals surface area contributed by atoms with Crippen molar-refractivity contribution in [3.63, 3.8) is 0 Å². The van der Waals surface area contributed by atoms with Crippen molar-refractivity contribution >= 4 is 11.9 Å². The molecule has 1 aliphatic rings. The summed E-state index contributed by atoms with van der Waals surface area (Å²) < 4.78 is 9.80. The Morgan fingerprint density at radius 2 is 1.47 bits per heavy atom. The van der Waals surface area contributed by atoms with Gasteiger partial charge < -0.3 is 40.3 Å². The van der Waals surface area contributed by atoms with Crippen LogP contribution in [-0.2, 0) is 19.1 Å². The van der Waals surface area contributed by atoms with Crippen LogP contribution in [0.4, 0.5) is 0 Å². The maximum atomic E-state index is 12.5. The number of carbonyl (C=O) groups is 2. The molecule has 212 valence electrons. The van der Waals surface area contributed by atoms with Gasteiger partial charge in [-0.25, -0.2) is 4.79 Å². The maximum Gasteiger partial charge on any atom is 0.366 e. The van der Waals surface area contributed by atoms with Gasteiger partial charge in [0.1, 0.15) is 18.3 Å². The highest BCUT2D eigenvalue weighted by Crippen LogP contribution is 2.31. The van der Waals surface area contributed by atoms with Crippen molar-refractivity contribution in [3.8, 4) is 0 Å². The number of nitrogens with one attached hydrogen (secondary N) is 1. The Morgan fingerprint density at radius 1 is 0.972 bits per heavy atom. The topological polar surface area (TPSA) is 166 Å². The molecule has 0 radical (unpaired) electrons. The van der Waals surface area contributed by atoms with Crippen molar-refractivity contribution in [3.05, 3.63) is 0 Å². The number of aliphatic hydroxyl groups excluding tert-OH is 4. The average molecular weight is 520 g/mol. The van der Waals surface area contributed by atoms with Crippen molar-refractivity contribution in [1.29, 1.82) is 0 Å². The summed E-state index contributed by atoms with van der Waals surface area (Å²) in [6.07, 6.45) is 8.49. The van der Waals surface area contributed by atoms with Crippen LogP contribution in [0.3, 0.4) is 0 Å². The Hall–Kier alpha value is -1.30. The van der Waals surface area contributed by atoms with E-state index in [1.54, 1.807) is 0 Å². The van der Waals surface area contributed by atoms with Crippen molar-refractivity contribution in [2.45, 2.75) is 139 Å². The molecule has 1 rings (SSSR count). The van der Waals surface area contributed by atoms with Gasteiger partial charge in [-0.1, -0.05) is 84.0 Å². The van der Waals surface area contributed by atoms with Crippen LogP contribution < -0.4 is 5.32 Å². The van der Waals surface area contributed by atoms with E-state index in [1.807, 2.05) is 0 Å². The normalized spacial score (nSPS) is 25.8. The van der Waals surface area contributed by atoms with Gasteiger partial charge in [0.05, 0.1) is 25.9 Å². The van der Waals surface area contributed by atoms with Gasteiger partial charge in [-0.05, 0) is 6.42 Å². The second-order valence-electron chi connectivity index (χ2n) is 9.96. The van der Waals surface area contributed by atoms with E-state index >= 15 is 0 Å². The first kappa shape index (κ1) is 32.7. The number of rotatable bonds is 19. The summed E-state index contributed by atoms with van der Waals surface area (Å²) in [7, 11) is 1.02. The summed E-state index contributed by atoms with van der Waals surface area (Å²) >= 11 is 0. The summed E-state index contributed by atoms with van der Waals surface area (Å²) in [5.74, 6) is -4.13. The Morgan fingerprint density at radius 3 is 1.94 bits per heavy atom. The van der Waals surface area contributed by atoms with E-state index in [2.05, 4.69) is 17.0 Å². The molecular weight excluding hydrogens is 470 g/mol. The number of carbonyl (C=O) groups excluding carboxylic acids is 2. The van der Waals surface area contributed by atoms with Gasteiger partial charge in [-0.15, -0.1) is 0 Å². The predicted molar refractivity (Wildman–Crippen MR) is 134 cm³/mol. The molecule has 1 heterocycles. The van der Waals surface area contributed by atoms with E-state index in [-0.39, 0.29) is 12.3 Å². The lowest BCUT2D eigenvalue weighted by molar-refractivity contribution is -0.296. The van der Waals surface area contributed by atoms with E-state index in [0.717, 1.165) is 26.4 Å². The van der Waals surface area contributed by atoms with Crippen LogP contribution >= 0.6 is 0 Å². The highest BCUT2D eigenvalue weighted by molar-refractivity contribution is 5.78. The van der Waals surface area contributed by atoms with Crippen LogP contribution in [-0.4, -0.2) is 87.4 Å². The van der Waals surface area contributed by atoms with Crippen molar-refractivity contribution in [2.75, 3.05) is 13.7 Å². The first-order chi connectivity index (χ1) is 17.2. The smallest absolute Gasteiger partial charge is 0.366 e. The number of esters is 1. The summed E-state index contributed by atoms with van der Waals surface area (Å²) in [4.78, 5) is 24.4. The number of aliphatic hydroxyl groups is 5. The van der Waals surface area contributed by atoms with Gasteiger partial charge in [0.25, 0.3) is 5.79 Å². The minimum absolute atomic E-state index is 0.202. The van der Waals surface area contributed by atoms with Gasteiger partial charge in [0, 0.05) is 12.8 Å². The zero-order valence-electron chi connectivity index (χ0n) is 22.1. The summed E-state index contributed by atoms with van der Waals surface area (Å²) in [6, 6.07) is -1.21. The third-order valence-corrected chi connectivity index (χ3v) is 6.84. The summed E-state index contributed by atoms with van der Waals surface area (Å²) in [5, 5.41) is 53.0.